The zero-order chi connectivity index (χ0) is 38.2. The second-order valence-corrected chi connectivity index (χ2v) is 17.2. The van der Waals surface area contributed by atoms with E-state index in [4.69, 9.17) is 9.47 Å². The van der Waals surface area contributed by atoms with Crippen molar-refractivity contribution < 1.29 is 32.0 Å². The van der Waals surface area contributed by atoms with E-state index in [0.717, 1.165) is 32.1 Å². The fraction of sp³-hybridized carbons (Fsp3) is 0.955. The first kappa shape index (κ1) is 54.5. The summed E-state index contributed by atoms with van der Waals surface area (Å²) in [7, 11) is -4.77. The first-order valence-corrected chi connectivity index (χ1v) is 24.1. The second-order valence-electron chi connectivity index (χ2n) is 15.6. The Balaban J connectivity index is 0. The van der Waals surface area contributed by atoms with Gasteiger partial charge in [0.15, 0.2) is 5.25 Å². The molecule has 1 N–H and O–H groups in total. The molecule has 0 aromatic rings. The van der Waals surface area contributed by atoms with Crippen LogP contribution in [0.2, 0.25) is 0 Å². The van der Waals surface area contributed by atoms with Crippen LogP contribution in [0, 0.1) is 0 Å². The Morgan fingerprint density at radius 1 is 0.415 bits per heavy atom. The minimum Gasteiger partial charge on any atom is -0.466 e. The molecule has 311 valence electrons. The Bertz CT molecular complexity index is 883. The molecule has 9 heteroatoms. The quantitative estimate of drug-likeness (QED) is 0.0285. The van der Waals surface area contributed by atoms with Gasteiger partial charge in [-0.1, -0.05) is 232 Å². The zero-order valence-corrected chi connectivity index (χ0v) is 36.3. The Kier molecular flexibility index (Phi) is 43.8. The summed E-state index contributed by atoms with van der Waals surface area (Å²) in [6.45, 7) is 4.80. The number of hydrogen-bond acceptors (Lipinski definition) is 6. The van der Waals surface area contributed by atoms with Crippen LogP contribution in [0.3, 0.4) is 0 Å². The van der Waals surface area contributed by atoms with Gasteiger partial charge in [-0.05, 0) is 12.8 Å². The van der Waals surface area contributed by atoms with Crippen LogP contribution in [-0.2, 0) is 29.2 Å². The second kappa shape index (κ2) is 42.6. The molecule has 0 aromatic carbocycles. The number of ether oxygens (including phenoxy) is 2. The van der Waals surface area contributed by atoms with Crippen molar-refractivity contribution in [2.45, 2.75) is 257 Å². The van der Waals surface area contributed by atoms with Gasteiger partial charge in [-0.15, -0.1) is 0 Å². The molecule has 0 aromatic heterocycles. The van der Waals surface area contributed by atoms with Gasteiger partial charge in [-0.3, -0.25) is 14.1 Å². The Morgan fingerprint density at radius 2 is 0.642 bits per heavy atom. The molecule has 7 nitrogen and oxygen atoms in total. The molecule has 1 radical (unpaired) electrons. The maximum Gasteiger partial charge on any atom is 0.327 e. The SMILES string of the molecule is CCCCCCCCCCCCCCCCCCCCOC(=O)CC(C(=O)OCCCCCCCCCCCCCCCCCCCC)S(=O)(=O)O.[Li]. The molecular formula is C44H86LiO7S. The molecule has 0 amide bonds. The largest absolute Gasteiger partial charge is 0.466 e. The molecule has 0 bridgehead atoms. The molecule has 0 fully saturated rings. The molecule has 0 aliphatic carbocycles. The van der Waals surface area contributed by atoms with Gasteiger partial charge in [-0.25, -0.2) is 0 Å². The summed E-state index contributed by atoms with van der Waals surface area (Å²) in [5.74, 6) is -1.89. The van der Waals surface area contributed by atoms with Gasteiger partial charge >= 0.3 is 11.9 Å². The molecule has 53 heavy (non-hydrogen) atoms. The van der Waals surface area contributed by atoms with E-state index in [9.17, 15) is 22.6 Å². The van der Waals surface area contributed by atoms with Crippen LogP contribution in [0.4, 0.5) is 0 Å². The Labute approximate surface area is 341 Å². The molecule has 0 saturated heterocycles. The third-order valence-electron chi connectivity index (χ3n) is 10.5. The number of unbranched alkanes of at least 4 members (excludes halogenated alkanes) is 34. The van der Waals surface area contributed by atoms with Crippen LogP contribution in [0.15, 0.2) is 0 Å². The predicted molar refractivity (Wildman–Crippen MR) is 225 cm³/mol. The monoisotopic (exact) mass is 766 g/mol. The minimum atomic E-state index is -4.77. The van der Waals surface area contributed by atoms with Crippen LogP contribution in [0.1, 0.15) is 251 Å². The van der Waals surface area contributed by atoms with Gasteiger partial charge in [0.05, 0.1) is 19.6 Å². The molecule has 0 aliphatic heterocycles. The number of carbonyl (C=O) groups is 2. The maximum absolute atomic E-state index is 12.4. The van der Waals surface area contributed by atoms with Crippen molar-refractivity contribution in [2.24, 2.45) is 0 Å². The summed E-state index contributed by atoms with van der Waals surface area (Å²) >= 11 is 0. The van der Waals surface area contributed by atoms with Gasteiger partial charge in [0.2, 0.25) is 0 Å². The number of carbonyl (C=O) groups excluding carboxylic acids is 2. The average molecular weight is 766 g/mol. The summed E-state index contributed by atoms with van der Waals surface area (Å²) in [6, 6.07) is 0. The average Bonchev–Trinajstić information content (AvgIpc) is 3.12. The van der Waals surface area contributed by atoms with Crippen LogP contribution in [-0.4, -0.2) is 62.2 Å². The molecule has 0 rings (SSSR count). The first-order chi connectivity index (χ1) is 25.3. The summed E-state index contributed by atoms with van der Waals surface area (Å²) in [5, 5.41) is -1.93. The summed E-state index contributed by atoms with van der Waals surface area (Å²) in [6.07, 6.45) is 44.8. The van der Waals surface area contributed by atoms with Crippen LogP contribution in [0.25, 0.3) is 0 Å². The molecular weight excluding hydrogens is 679 g/mol. The van der Waals surface area contributed by atoms with Crippen LogP contribution >= 0.6 is 0 Å². The van der Waals surface area contributed by atoms with Crippen molar-refractivity contribution in [1.29, 1.82) is 0 Å². The summed E-state index contributed by atoms with van der Waals surface area (Å²) in [5.41, 5.74) is 0. The Morgan fingerprint density at radius 3 is 0.887 bits per heavy atom. The fourth-order valence-electron chi connectivity index (χ4n) is 6.98. The van der Waals surface area contributed by atoms with Crippen molar-refractivity contribution in [3.8, 4) is 0 Å². The summed E-state index contributed by atoms with van der Waals surface area (Å²) < 4.78 is 43.5. The summed E-state index contributed by atoms with van der Waals surface area (Å²) in [4.78, 5) is 24.6. The van der Waals surface area contributed by atoms with Gasteiger partial charge in [0.1, 0.15) is 0 Å². The topological polar surface area (TPSA) is 107 Å². The van der Waals surface area contributed by atoms with E-state index in [0.29, 0.717) is 12.8 Å². The number of hydrogen-bond donors (Lipinski definition) is 1. The maximum atomic E-state index is 12.4. The molecule has 1 atom stereocenters. The Hall–Kier alpha value is -0.553. The third-order valence-corrected chi connectivity index (χ3v) is 11.6. The smallest absolute Gasteiger partial charge is 0.327 e. The first-order valence-electron chi connectivity index (χ1n) is 22.6. The van der Waals surface area contributed by atoms with E-state index in [2.05, 4.69) is 13.8 Å². The van der Waals surface area contributed by atoms with Gasteiger partial charge < -0.3 is 9.47 Å². The molecule has 0 spiro atoms. The van der Waals surface area contributed by atoms with E-state index in [1.165, 1.54) is 186 Å². The van der Waals surface area contributed by atoms with Gasteiger partial charge in [0.25, 0.3) is 10.1 Å². The third kappa shape index (κ3) is 40.9. The van der Waals surface area contributed by atoms with E-state index < -0.39 is 33.7 Å². The number of rotatable bonds is 42. The van der Waals surface area contributed by atoms with Gasteiger partial charge in [0, 0.05) is 18.9 Å². The van der Waals surface area contributed by atoms with Crippen molar-refractivity contribution in [1.82, 2.24) is 0 Å². The van der Waals surface area contributed by atoms with E-state index in [1.807, 2.05) is 0 Å². The molecule has 0 saturated carbocycles. The van der Waals surface area contributed by atoms with Crippen molar-refractivity contribution in [3.05, 3.63) is 0 Å². The van der Waals surface area contributed by atoms with Crippen molar-refractivity contribution >= 4 is 40.9 Å². The van der Waals surface area contributed by atoms with Crippen molar-refractivity contribution in [2.75, 3.05) is 13.2 Å². The van der Waals surface area contributed by atoms with Crippen LogP contribution in [0.5, 0.6) is 0 Å². The van der Waals surface area contributed by atoms with E-state index >= 15 is 0 Å². The predicted octanol–water partition coefficient (Wildman–Crippen LogP) is 13.4. The van der Waals surface area contributed by atoms with Crippen molar-refractivity contribution in [3.63, 3.8) is 0 Å². The minimum absolute atomic E-state index is 0. The van der Waals surface area contributed by atoms with Crippen LogP contribution < -0.4 is 0 Å². The number of esters is 2. The molecule has 0 heterocycles. The molecule has 1 unspecified atom stereocenters. The normalized spacial score (nSPS) is 12.1. The fourth-order valence-corrected chi connectivity index (χ4v) is 7.64. The zero-order valence-electron chi connectivity index (χ0n) is 35.5. The van der Waals surface area contributed by atoms with Gasteiger partial charge in [-0.2, -0.15) is 8.42 Å². The van der Waals surface area contributed by atoms with E-state index in [1.54, 1.807) is 0 Å². The van der Waals surface area contributed by atoms with E-state index in [-0.39, 0.29) is 32.1 Å². The standard InChI is InChI=1S/C44H86O7S.Li/c1-3-5-7-9-11-13-15-17-19-21-23-25-27-29-31-33-35-37-39-50-43(45)41-42(52(47,48)49)44(46)51-40-38-36-34-32-30-28-26-24-22-20-18-16-14-12-10-8-6-4-2;/h42H,3-41H2,1-2H3,(H,47,48,49);. The molecule has 0 aliphatic rings.